The summed E-state index contributed by atoms with van der Waals surface area (Å²) in [5.74, 6) is 0.613. The minimum Gasteiger partial charge on any atom is -0.346 e. The summed E-state index contributed by atoms with van der Waals surface area (Å²) in [4.78, 5) is 15.6. The third-order valence-corrected chi connectivity index (χ3v) is 2.35. The van der Waals surface area contributed by atoms with Gasteiger partial charge in [0.1, 0.15) is 12.2 Å². The van der Waals surface area contributed by atoms with E-state index in [-0.39, 0.29) is 11.9 Å². The summed E-state index contributed by atoms with van der Waals surface area (Å²) >= 11 is 0. The first-order valence-corrected chi connectivity index (χ1v) is 5.38. The first kappa shape index (κ1) is 11.3. The molecule has 0 bridgehead atoms. The maximum Gasteiger partial charge on any atom is 0.222 e. The van der Waals surface area contributed by atoms with Crippen LogP contribution in [0.1, 0.15) is 25.2 Å². The van der Waals surface area contributed by atoms with E-state index < -0.39 is 0 Å². The first-order chi connectivity index (χ1) is 8.25. The number of carbonyl (C=O) groups is 1. The van der Waals surface area contributed by atoms with Crippen molar-refractivity contribution in [3.63, 3.8) is 0 Å². The smallest absolute Gasteiger partial charge is 0.222 e. The van der Waals surface area contributed by atoms with Crippen LogP contribution in [-0.4, -0.2) is 30.9 Å². The van der Waals surface area contributed by atoms with Gasteiger partial charge in [-0.15, -0.1) is 0 Å². The molecule has 7 nitrogen and oxygen atoms in total. The van der Waals surface area contributed by atoms with Crippen LogP contribution in [0.15, 0.2) is 24.8 Å². The van der Waals surface area contributed by atoms with Crippen molar-refractivity contribution in [3.8, 4) is 0 Å². The fourth-order valence-electron chi connectivity index (χ4n) is 1.45. The highest BCUT2D eigenvalue weighted by atomic mass is 16.1. The van der Waals surface area contributed by atoms with E-state index >= 15 is 0 Å². The Morgan fingerprint density at radius 1 is 1.65 bits per heavy atom. The minimum atomic E-state index is -0.164. The predicted octanol–water partition coefficient (Wildman–Crippen LogP) is 0.269. The summed E-state index contributed by atoms with van der Waals surface area (Å²) in [6.07, 6.45) is 5.32. The highest BCUT2D eigenvalue weighted by Gasteiger charge is 2.11. The molecule has 7 heteroatoms. The van der Waals surface area contributed by atoms with Crippen molar-refractivity contribution in [1.29, 1.82) is 0 Å². The summed E-state index contributed by atoms with van der Waals surface area (Å²) in [7, 11) is 0. The van der Waals surface area contributed by atoms with Gasteiger partial charge >= 0.3 is 0 Å². The normalized spacial score (nSPS) is 12.3. The minimum absolute atomic E-state index is 0.0376. The fourth-order valence-corrected chi connectivity index (χ4v) is 1.45. The van der Waals surface area contributed by atoms with Gasteiger partial charge < -0.3 is 5.32 Å². The highest BCUT2D eigenvalue weighted by Crippen LogP contribution is 2.04. The molecule has 0 fully saturated rings. The zero-order chi connectivity index (χ0) is 12.1. The maximum atomic E-state index is 11.6. The highest BCUT2D eigenvalue weighted by molar-refractivity contribution is 5.76. The molecule has 1 atom stereocenters. The molecule has 0 aromatic carbocycles. The SMILES string of the molecule is CC(NC(=O)CCn1cccn1)c1ncn[nH]1. The number of aromatic amines is 1. The second-order valence-corrected chi connectivity index (χ2v) is 3.68. The average Bonchev–Trinajstić information content (AvgIpc) is 2.99. The molecule has 0 aliphatic heterocycles. The molecule has 0 saturated heterocycles. The molecule has 17 heavy (non-hydrogen) atoms. The van der Waals surface area contributed by atoms with Crippen LogP contribution in [0.3, 0.4) is 0 Å². The van der Waals surface area contributed by atoms with Crippen LogP contribution in [0.5, 0.6) is 0 Å². The summed E-state index contributed by atoms with van der Waals surface area (Å²) in [5.41, 5.74) is 0. The van der Waals surface area contributed by atoms with Crippen LogP contribution in [0.25, 0.3) is 0 Å². The van der Waals surface area contributed by atoms with Gasteiger partial charge in [-0.3, -0.25) is 14.6 Å². The van der Waals surface area contributed by atoms with E-state index in [0.29, 0.717) is 18.8 Å². The van der Waals surface area contributed by atoms with Crippen molar-refractivity contribution in [1.82, 2.24) is 30.3 Å². The van der Waals surface area contributed by atoms with Gasteiger partial charge in [-0.05, 0) is 13.0 Å². The molecule has 2 heterocycles. The van der Waals surface area contributed by atoms with Crippen LogP contribution < -0.4 is 5.32 Å². The third-order valence-electron chi connectivity index (χ3n) is 2.35. The van der Waals surface area contributed by atoms with Crippen molar-refractivity contribution < 1.29 is 4.79 Å². The molecule has 2 rings (SSSR count). The lowest BCUT2D eigenvalue weighted by atomic mass is 10.3. The number of hydrogen-bond acceptors (Lipinski definition) is 4. The Morgan fingerprint density at radius 2 is 2.53 bits per heavy atom. The first-order valence-electron chi connectivity index (χ1n) is 5.38. The number of nitrogens with one attached hydrogen (secondary N) is 2. The van der Waals surface area contributed by atoms with E-state index in [0.717, 1.165) is 0 Å². The lowest BCUT2D eigenvalue weighted by molar-refractivity contribution is -0.122. The monoisotopic (exact) mass is 234 g/mol. The standard InChI is InChI=1S/C10H14N6O/c1-8(10-11-7-12-15-10)14-9(17)3-6-16-5-2-4-13-16/h2,4-5,7-8H,3,6H2,1H3,(H,14,17)(H,11,12,15). The Balaban J connectivity index is 1.77. The molecule has 90 valence electrons. The van der Waals surface area contributed by atoms with E-state index in [4.69, 9.17) is 0 Å². The molecule has 0 radical (unpaired) electrons. The average molecular weight is 234 g/mol. The molecule has 2 N–H and O–H groups in total. The van der Waals surface area contributed by atoms with E-state index in [1.165, 1.54) is 6.33 Å². The Hall–Kier alpha value is -2.18. The van der Waals surface area contributed by atoms with Crippen molar-refractivity contribution in [2.75, 3.05) is 0 Å². The molecule has 1 unspecified atom stereocenters. The number of H-pyrrole nitrogens is 1. The third kappa shape index (κ3) is 3.13. The molecule has 0 saturated carbocycles. The Labute approximate surface area is 98.2 Å². The molecule has 2 aromatic rings. The topological polar surface area (TPSA) is 88.5 Å². The Bertz CT molecular complexity index is 449. The van der Waals surface area contributed by atoms with E-state index in [1.807, 2.05) is 19.2 Å². The molecule has 0 aliphatic carbocycles. The van der Waals surface area contributed by atoms with Crippen molar-refractivity contribution in [2.24, 2.45) is 0 Å². The van der Waals surface area contributed by atoms with E-state index in [2.05, 4.69) is 25.6 Å². The van der Waals surface area contributed by atoms with Gasteiger partial charge in [0.15, 0.2) is 0 Å². The lowest BCUT2D eigenvalue weighted by Gasteiger charge is -2.10. The van der Waals surface area contributed by atoms with Crippen LogP contribution in [-0.2, 0) is 11.3 Å². The summed E-state index contributed by atoms with van der Waals surface area (Å²) in [6.45, 7) is 2.42. The summed E-state index contributed by atoms with van der Waals surface area (Å²) < 4.78 is 1.72. The Morgan fingerprint density at radius 3 is 3.18 bits per heavy atom. The number of aromatic nitrogens is 5. The largest absolute Gasteiger partial charge is 0.346 e. The van der Waals surface area contributed by atoms with Crippen LogP contribution in [0, 0.1) is 0 Å². The zero-order valence-electron chi connectivity index (χ0n) is 9.50. The van der Waals surface area contributed by atoms with Gasteiger partial charge in [-0.1, -0.05) is 0 Å². The van der Waals surface area contributed by atoms with Crippen LogP contribution >= 0.6 is 0 Å². The van der Waals surface area contributed by atoms with Gasteiger partial charge in [0.25, 0.3) is 0 Å². The maximum absolute atomic E-state index is 11.6. The number of hydrogen-bond donors (Lipinski definition) is 2. The molecule has 1 amide bonds. The molecule has 0 spiro atoms. The van der Waals surface area contributed by atoms with Gasteiger partial charge in [-0.25, -0.2) is 4.98 Å². The van der Waals surface area contributed by atoms with Crippen LogP contribution in [0.2, 0.25) is 0 Å². The summed E-state index contributed by atoms with van der Waals surface area (Å²) in [5, 5.41) is 13.3. The molecule has 0 aliphatic rings. The van der Waals surface area contributed by atoms with Crippen molar-refractivity contribution >= 4 is 5.91 Å². The quantitative estimate of drug-likeness (QED) is 0.777. The number of nitrogens with zero attached hydrogens (tertiary/aromatic N) is 4. The predicted molar refractivity (Wildman–Crippen MR) is 59.8 cm³/mol. The molecule has 2 aromatic heterocycles. The van der Waals surface area contributed by atoms with E-state index in [1.54, 1.807) is 10.9 Å². The molecular formula is C10H14N6O. The second kappa shape index (κ2) is 5.24. The van der Waals surface area contributed by atoms with Crippen molar-refractivity contribution in [3.05, 3.63) is 30.6 Å². The van der Waals surface area contributed by atoms with Crippen LogP contribution in [0.4, 0.5) is 0 Å². The van der Waals surface area contributed by atoms with Gasteiger partial charge in [0, 0.05) is 25.4 Å². The number of carbonyl (C=O) groups excluding carboxylic acids is 1. The fraction of sp³-hybridized carbons (Fsp3) is 0.400. The molecular weight excluding hydrogens is 220 g/mol. The number of aryl methyl sites for hydroxylation is 1. The number of rotatable bonds is 5. The van der Waals surface area contributed by atoms with Gasteiger partial charge in [0.05, 0.1) is 6.04 Å². The number of amides is 1. The second-order valence-electron chi connectivity index (χ2n) is 3.68. The van der Waals surface area contributed by atoms with Gasteiger partial charge in [-0.2, -0.15) is 10.2 Å². The zero-order valence-corrected chi connectivity index (χ0v) is 9.50. The lowest BCUT2D eigenvalue weighted by Crippen LogP contribution is -2.28. The van der Waals surface area contributed by atoms with E-state index in [9.17, 15) is 4.79 Å². The van der Waals surface area contributed by atoms with Crippen molar-refractivity contribution in [2.45, 2.75) is 25.9 Å². The Kier molecular flexibility index (Phi) is 3.49. The summed E-state index contributed by atoms with van der Waals surface area (Å²) in [6, 6.07) is 1.66. The van der Waals surface area contributed by atoms with Gasteiger partial charge in [0.2, 0.25) is 5.91 Å².